The monoisotopic (exact) mass is 315 g/mol. The van der Waals surface area contributed by atoms with Crippen molar-refractivity contribution in [2.45, 2.75) is 5.09 Å². The lowest BCUT2D eigenvalue weighted by Crippen LogP contribution is -2.26. The largest absolute Gasteiger partial charge is 0.443 e. The molecule has 1 aliphatic heterocycles. The summed E-state index contributed by atoms with van der Waals surface area (Å²) < 4.78 is 50.7. The summed E-state index contributed by atoms with van der Waals surface area (Å²) >= 11 is 0. The molecule has 0 spiro atoms. The highest BCUT2D eigenvalue weighted by atomic mass is 32.3. The average Bonchev–Trinajstić information content (AvgIpc) is 2.83. The normalized spacial score (nSPS) is 19.0. The Morgan fingerprint density at radius 3 is 2.55 bits per heavy atom. The fourth-order valence-corrected chi connectivity index (χ4v) is 5.71. The topological polar surface area (TPSA) is 85.9 Å². The van der Waals surface area contributed by atoms with Crippen LogP contribution in [0.4, 0.5) is 0 Å². The van der Waals surface area contributed by atoms with Crippen LogP contribution in [-0.4, -0.2) is 37.3 Å². The fourth-order valence-electron chi connectivity index (χ4n) is 1.96. The first-order valence-corrected chi connectivity index (χ1v) is 9.33. The smallest absolute Gasteiger partial charge is 0.323 e. The Morgan fingerprint density at radius 1 is 1.15 bits per heavy atom. The number of rotatable bonds is 2. The molecule has 1 aromatic heterocycles. The number of benzene rings is 1. The van der Waals surface area contributed by atoms with Gasteiger partial charge in [-0.15, -0.1) is 3.77 Å². The molecule has 0 radical (unpaired) electrons. The zero-order valence-electron chi connectivity index (χ0n) is 10.5. The van der Waals surface area contributed by atoms with Crippen molar-refractivity contribution in [1.29, 1.82) is 0 Å². The second-order valence-electron chi connectivity index (χ2n) is 4.45. The van der Waals surface area contributed by atoms with Crippen LogP contribution in [0.2, 0.25) is 0 Å². The van der Waals surface area contributed by atoms with Gasteiger partial charge in [-0.05, 0) is 6.07 Å². The molecular weight excluding hydrogens is 302 g/mol. The molecule has 108 valence electrons. The van der Waals surface area contributed by atoms with Gasteiger partial charge in [0, 0.05) is 11.5 Å². The molecule has 20 heavy (non-hydrogen) atoms. The quantitative estimate of drug-likeness (QED) is 0.840. The van der Waals surface area contributed by atoms with Crippen LogP contribution in [0.25, 0.3) is 11.0 Å². The van der Waals surface area contributed by atoms with E-state index in [1.54, 1.807) is 24.3 Å². The van der Waals surface area contributed by atoms with E-state index in [-0.39, 0.29) is 29.8 Å². The summed E-state index contributed by atoms with van der Waals surface area (Å²) in [5.74, 6) is 0.263. The van der Waals surface area contributed by atoms with Gasteiger partial charge in [0.15, 0.2) is 0 Å². The Morgan fingerprint density at radius 2 is 1.85 bits per heavy atom. The lowest BCUT2D eigenvalue weighted by molar-refractivity contribution is 0.158. The summed E-state index contributed by atoms with van der Waals surface area (Å²) in [6.07, 6.45) is 0. The minimum atomic E-state index is -4.05. The van der Waals surface area contributed by atoms with Crippen LogP contribution >= 0.6 is 0 Å². The summed E-state index contributed by atoms with van der Waals surface area (Å²) in [5, 5.41) is 0.399. The number of hydrogen-bond acceptors (Lipinski definition) is 5. The second-order valence-corrected chi connectivity index (χ2v) is 8.76. The summed E-state index contributed by atoms with van der Waals surface area (Å²) in [6.45, 7) is 0.524. The number of sulfonamides is 1. The van der Waals surface area contributed by atoms with Gasteiger partial charge in [-0.25, -0.2) is 4.21 Å². The Labute approximate surface area is 117 Å². The number of nitrogens with zero attached hydrogens (tertiary/aromatic N) is 1. The number of furan rings is 1. The fraction of sp³-hybridized carbons (Fsp3) is 0.333. The highest BCUT2D eigenvalue weighted by Crippen LogP contribution is 2.24. The van der Waals surface area contributed by atoms with Crippen molar-refractivity contribution < 1.29 is 21.8 Å². The summed E-state index contributed by atoms with van der Waals surface area (Å²) in [7, 11) is -6.83. The summed E-state index contributed by atoms with van der Waals surface area (Å²) in [6, 6.07) is 8.34. The van der Waals surface area contributed by atoms with Crippen LogP contribution in [0, 0.1) is 0 Å². The Hall–Kier alpha value is -1.38. The van der Waals surface area contributed by atoms with E-state index in [1.807, 2.05) is 0 Å². The van der Waals surface area contributed by atoms with Crippen molar-refractivity contribution in [2.24, 2.45) is 3.77 Å². The number of para-hydroxylation sites is 1. The van der Waals surface area contributed by atoms with Crippen molar-refractivity contribution in [3.05, 3.63) is 30.3 Å². The van der Waals surface area contributed by atoms with Crippen molar-refractivity contribution in [3.63, 3.8) is 0 Å². The van der Waals surface area contributed by atoms with E-state index < -0.39 is 19.8 Å². The lowest BCUT2D eigenvalue weighted by Gasteiger charge is -2.15. The van der Waals surface area contributed by atoms with E-state index in [1.165, 1.54) is 6.07 Å². The van der Waals surface area contributed by atoms with Crippen molar-refractivity contribution in [2.75, 3.05) is 24.7 Å². The maximum atomic E-state index is 12.3. The van der Waals surface area contributed by atoms with E-state index in [4.69, 9.17) is 9.15 Å². The standard InChI is InChI=1S/C12H13NO5S2/c14-19(7-5-17-6-8-19)13-20(15,16)12-9-10-3-1-2-4-11(10)18-12/h1-4,9H,5-8H2. The molecule has 6 nitrogen and oxygen atoms in total. The molecule has 0 unspecified atom stereocenters. The third-order valence-electron chi connectivity index (χ3n) is 2.98. The highest BCUT2D eigenvalue weighted by Gasteiger charge is 2.24. The minimum Gasteiger partial charge on any atom is -0.443 e. The van der Waals surface area contributed by atoms with Gasteiger partial charge in [0.05, 0.1) is 34.4 Å². The van der Waals surface area contributed by atoms with Gasteiger partial charge in [0.1, 0.15) is 5.58 Å². The Bertz CT molecular complexity index is 814. The van der Waals surface area contributed by atoms with Gasteiger partial charge in [0.2, 0.25) is 5.09 Å². The zero-order chi connectivity index (χ0) is 14.2. The molecule has 1 aromatic carbocycles. The molecule has 1 aliphatic rings. The predicted molar refractivity (Wildman–Crippen MR) is 74.5 cm³/mol. The molecule has 2 heterocycles. The van der Waals surface area contributed by atoms with Crippen LogP contribution in [0.5, 0.6) is 0 Å². The first-order chi connectivity index (χ1) is 9.49. The first kappa shape index (κ1) is 13.6. The molecular formula is C12H13NO5S2. The second kappa shape index (κ2) is 4.87. The molecule has 8 heteroatoms. The molecule has 1 fully saturated rings. The van der Waals surface area contributed by atoms with Gasteiger partial charge in [-0.1, -0.05) is 18.2 Å². The van der Waals surface area contributed by atoms with E-state index >= 15 is 0 Å². The van der Waals surface area contributed by atoms with Crippen LogP contribution < -0.4 is 0 Å². The van der Waals surface area contributed by atoms with E-state index in [0.29, 0.717) is 11.0 Å². The number of ether oxygens (including phenoxy) is 1. The van der Waals surface area contributed by atoms with Crippen LogP contribution in [-0.2, 0) is 24.5 Å². The lowest BCUT2D eigenvalue weighted by atomic mass is 10.3. The van der Waals surface area contributed by atoms with Gasteiger partial charge in [-0.3, -0.25) is 0 Å². The van der Waals surface area contributed by atoms with Crippen molar-refractivity contribution in [1.82, 2.24) is 0 Å². The first-order valence-electron chi connectivity index (χ1n) is 6.04. The molecule has 1 saturated heterocycles. The molecule has 0 bridgehead atoms. The van der Waals surface area contributed by atoms with Crippen LogP contribution in [0.15, 0.2) is 43.6 Å². The maximum Gasteiger partial charge on any atom is 0.323 e. The average molecular weight is 315 g/mol. The van der Waals surface area contributed by atoms with E-state index in [2.05, 4.69) is 3.77 Å². The molecule has 0 saturated carbocycles. The summed E-state index contributed by atoms with van der Waals surface area (Å²) in [5.41, 5.74) is 0.461. The van der Waals surface area contributed by atoms with Crippen LogP contribution in [0.3, 0.4) is 0 Å². The maximum absolute atomic E-state index is 12.3. The number of fused-ring (bicyclic) bond motifs is 1. The number of hydrogen-bond donors (Lipinski definition) is 0. The molecule has 0 aliphatic carbocycles. The summed E-state index contributed by atoms with van der Waals surface area (Å²) in [4.78, 5) is 0. The van der Waals surface area contributed by atoms with Crippen LogP contribution in [0.1, 0.15) is 0 Å². The van der Waals surface area contributed by atoms with E-state index in [9.17, 15) is 12.6 Å². The van der Waals surface area contributed by atoms with Gasteiger partial charge in [-0.2, -0.15) is 8.42 Å². The zero-order valence-corrected chi connectivity index (χ0v) is 12.2. The molecule has 3 rings (SSSR count). The SMILES string of the molecule is O=S(=O)(N=S1(=O)CCOCC1)c1cc2ccccc2o1. The predicted octanol–water partition coefficient (Wildman–Crippen LogP) is 1.62. The van der Waals surface area contributed by atoms with E-state index in [0.717, 1.165) is 0 Å². The Balaban J connectivity index is 2.07. The van der Waals surface area contributed by atoms with Gasteiger partial charge in [0.25, 0.3) is 0 Å². The third-order valence-corrected chi connectivity index (χ3v) is 7.17. The van der Waals surface area contributed by atoms with Crippen molar-refractivity contribution >= 4 is 30.7 Å². The molecule has 0 atom stereocenters. The third kappa shape index (κ3) is 2.58. The van der Waals surface area contributed by atoms with Crippen molar-refractivity contribution in [3.8, 4) is 0 Å². The Kier molecular flexibility index (Phi) is 3.31. The highest BCUT2D eigenvalue weighted by molar-refractivity contribution is 8.03. The molecule has 0 amide bonds. The minimum absolute atomic E-state index is 0.131. The molecule has 0 N–H and O–H groups in total. The van der Waals surface area contributed by atoms with Gasteiger partial charge >= 0.3 is 10.0 Å². The van der Waals surface area contributed by atoms with Gasteiger partial charge < -0.3 is 9.15 Å². The molecule has 2 aromatic rings.